The first kappa shape index (κ1) is 14.8. The molecule has 0 saturated carbocycles. The van der Waals surface area contributed by atoms with E-state index in [2.05, 4.69) is 15.5 Å². The summed E-state index contributed by atoms with van der Waals surface area (Å²) in [5, 5.41) is 0. The molecule has 0 amide bonds. The monoisotopic (exact) mass is 266 g/mol. The minimum atomic E-state index is -1.09. The predicted octanol–water partition coefficient (Wildman–Crippen LogP) is -0.106. The molecule has 0 fully saturated rings. The first-order valence-corrected chi connectivity index (χ1v) is 5.50. The van der Waals surface area contributed by atoms with Crippen LogP contribution in [0.5, 0.6) is 0 Å². The SMILES string of the molecule is NOC(=O)CC[C@H](N)C(=O)OC(=O)c1ccccc1. The fourth-order valence-electron chi connectivity index (χ4n) is 1.25. The summed E-state index contributed by atoms with van der Waals surface area (Å²) >= 11 is 0. The molecule has 0 radical (unpaired) electrons. The summed E-state index contributed by atoms with van der Waals surface area (Å²) < 4.78 is 4.58. The Bertz CT molecular complexity index is 460. The molecule has 102 valence electrons. The van der Waals surface area contributed by atoms with Crippen molar-refractivity contribution < 1.29 is 24.0 Å². The standard InChI is InChI=1S/C12H14N2O5/c13-9(6-7-10(15)19-14)12(17)18-11(16)8-4-2-1-3-5-8/h1-5,9H,6-7,13-14H2/t9-/m0/s1. The molecule has 0 aromatic heterocycles. The van der Waals surface area contributed by atoms with E-state index < -0.39 is 23.9 Å². The zero-order valence-electron chi connectivity index (χ0n) is 10.1. The molecule has 0 spiro atoms. The summed E-state index contributed by atoms with van der Waals surface area (Å²) in [5.41, 5.74) is 5.71. The molecule has 4 N–H and O–H groups in total. The lowest BCUT2D eigenvalue weighted by atomic mass is 10.1. The van der Waals surface area contributed by atoms with Gasteiger partial charge in [-0.2, -0.15) is 5.90 Å². The van der Waals surface area contributed by atoms with Crippen LogP contribution in [0.4, 0.5) is 0 Å². The normalized spacial score (nSPS) is 11.5. The zero-order chi connectivity index (χ0) is 14.3. The van der Waals surface area contributed by atoms with Crippen molar-refractivity contribution in [1.82, 2.24) is 0 Å². The average molecular weight is 266 g/mol. The van der Waals surface area contributed by atoms with E-state index >= 15 is 0 Å². The quantitative estimate of drug-likeness (QED) is 0.433. The summed E-state index contributed by atoms with van der Waals surface area (Å²) in [6.07, 6.45) is -0.150. The second-order valence-corrected chi connectivity index (χ2v) is 3.71. The highest BCUT2D eigenvalue weighted by molar-refractivity contribution is 5.98. The molecule has 0 unspecified atom stereocenters. The van der Waals surface area contributed by atoms with Crippen LogP contribution < -0.4 is 11.6 Å². The fraction of sp³-hybridized carbons (Fsp3) is 0.250. The van der Waals surface area contributed by atoms with Gasteiger partial charge >= 0.3 is 17.9 Å². The largest absolute Gasteiger partial charge is 0.388 e. The van der Waals surface area contributed by atoms with Crippen LogP contribution >= 0.6 is 0 Å². The molecule has 19 heavy (non-hydrogen) atoms. The van der Waals surface area contributed by atoms with E-state index in [9.17, 15) is 14.4 Å². The Morgan fingerprint density at radius 2 is 1.79 bits per heavy atom. The number of ether oxygens (including phenoxy) is 1. The maximum atomic E-state index is 11.5. The highest BCUT2D eigenvalue weighted by atomic mass is 16.7. The lowest BCUT2D eigenvalue weighted by Crippen LogP contribution is -2.34. The van der Waals surface area contributed by atoms with Crippen LogP contribution in [0.25, 0.3) is 0 Å². The van der Waals surface area contributed by atoms with Gasteiger partial charge in [0, 0.05) is 6.42 Å². The molecule has 1 rings (SSSR count). The van der Waals surface area contributed by atoms with Gasteiger partial charge in [-0.05, 0) is 18.6 Å². The molecule has 0 saturated heterocycles. The molecule has 1 aromatic rings. The Hall–Kier alpha value is -2.25. The van der Waals surface area contributed by atoms with Crippen molar-refractivity contribution in [3.8, 4) is 0 Å². The first-order valence-electron chi connectivity index (χ1n) is 5.50. The second kappa shape index (κ2) is 7.24. The number of esters is 2. The Morgan fingerprint density at radius 3 is 2.37 bits per heavy atom. The van der Waals surface area contributed by atoms with Crippen LogP contribution in [0.1, 0.15) is 23.2 Å². The van der Waals surface area contributed by atoms with Gasteiger partial charge in [-0.15, -0.1) is 0 Å². The van der Waals surface area contributed by atoms with Gasteiger partial charge in [-0.25, -0.2) is 9.59 Å². The summed E-state index contributed by atoms with van der Waals surface area (Å²) in [7, 11) is 0. The molecule has 0 aliphatic rings. The lowest BCUT2D eigenvalue weighted by Gasteiger charge is -2.09. The van der Waals surface area contributed by atoms with Crippen LogP contribution in [0.2, 0.25) is 0 Å². The third-order valence-corrected chi connectivity index (χ3v) is 2.30. The Balaban J connectivity index is 2.46. The van der Waals surface area contributed by atoms with Crippen molar-refractivity contribution in [1.29, 1.82) is 0 Å². The Labute approximate surface area is 109 Å². The van der Waals surface area contributed by atoms with Gasteiger partial charge in [0.15, 0.2) is 0 Å². The number of hydrogen-bond acceptors (Lipinski definition) is 7. The summed E-state index contributed by atoms with van der Waals surface area (Å²) in [4.78, 5) is 37.7. The van der Waals surface area contributed by atoms with Crippen molar-refractivity contribution in [2.75, 3.05) is 0 Å². The molecule has 1 atom stereocenters. The zero-order valence-corrected chi connectivity index (χ0v) is 10.1. The molecule has 1 aromatic carbocycles. The summed E-state index contributed by atoms with van der Waals surface area (Å²) in [6.45, 7) is 0. The Kier molecular flexibility index (Phi) is 5.65. The van der Waals surface area contributed by atoms with Gasteiger partial charge in [0.2, 0.25) is 0 Å². The van der Waals surface area contributed by atoms with Crippen molar-refractivity contribution in [2.24, 2.45) is 11.6 Å². The van der Waals surface area contributed by atoms with Crippen molar-refractivity contribution in [2.45, 2.75) is 18.9 Å². The number of benzene rings is 1. The molecule has 7 nitrogen and oxygen atoms in total. The lowest BCUT2D eigenvalue weighted by molar-refractivity contribution is -0.145. The fourth-order valence-corrected chi connectivity index (χ4v) is 1.25. The van der Waals surface area contributed by atoms with E-state index in [1.165, 1.54) is 12.1 Å². The topological polar surface area (TPSA) is 122 Å². The van der Waals surface area contributed by atoms with E-state index in [1.807, 2.05) is 0 Å². The van der Waals surface area contributed by atoms with E-state index in [1.54, 1.807) is 18.2 Å². The van der Waals surface area contributed by atoms with Crippen LogP contribution in [-0.2, 0) is 19.2 Å². The van der Waals surface area contributed by atoms with Gasteiger partial charge in [-0.3, -0.25) is 4.79 Å². The highest BCUT2D eigenvalue weighted by Crippen LogP contribution is 2.04. The number of carbonyl (C=O) groups excluding carboxylic acids is 3. The Morgan fingerprint density at radius 1 is 1.16 bits per heavy atom. The summed E-state index contributed by atoms with van der Waals surface area (Å²) in [6, 6.07) is 6.92. The van der Waals surface area contributed by atoms with Gasteiger partial charge in [0.25, 0.3) is 0 Å². The maximum Gasteiger partial charge on any atom is 0.345 e. The minimum Gasteiger partial charge on any atom is -0.388 e. The highest BCUT2D eigenvalue weighted by Gasteiger charge is 2.20. The molecule has 0 aliphatic carbocycles. The van der Waals surface area contributed by atoms with Crippen LogP contribution in [-0.4, -0.2) is 23.9 Å². The molecule has 0 heterocycles. The van der Waals surface area contributed by atoms with Crippen molar-refractivity contribution in [3.05, 3.63) is 35.9 Å². The van der Waals surface area contributed by atoms with Crippen LogP contribution in [0.15, 0.2) is 30.3 Å². The minimum absolute atomic E-state index is 0.0169. The van der Waals surface area contributed by atoms with E-state index in [4.69, 9.17) is 5.73 Å². The van der Waals surface area contributed by atoms with E-state index in [-0.39, 0.29) is 18.4 Å². The third-order valence-electron chi connectivity index (χ3n) is 2.30. The van der Waals surface area contributed by atoms with Gasteiger partial charge in [-0.1, -0.05) is 18.2 Å². The molecular weight excluding hydrogens is 252 g/mol. The molecular formula is C12H14N2O5. The number of carbonyl (C=O) groups is 3. The van der Waals surface area contributed by atoms with Crippen molar-refractivity contribution in [3.63, 3.8) is 0 Å². The van der Waals surface area contributed by atoms with Crippen LogP contribution in [0, 0.1) is 0 Å². The maximum absolute atomic E-state index is 11.5. The molecule has 0 bridgehead atoms. The number of hydrogen-bond donors (Lipinski definition) is 2. The van der Waals surface area contributed by atoms with Crippen LogP contribution in [0.3, 0.4) is 0 Å². The predicted molar refractivity (Wildman–Crippen MR) is 64.4 cm³/mol. The first-order chi connectivity index (χ1) is 9.04. The number of rotatable bonds is 5. The second-order valence-electron chi connectivity index (χ2n) is 3.71. The van der Waals surface area contributed by atoms with Gasteiger partial charge in [0.05, 0.1) is 5.56 Å². The van der Waals surface area contributed by atoms with Gasteiger partial charge < -0.3 is 15.3 Å². The van der Waals surface area contributed by atoms with E-state index in [0.717, 1.165) is 0 Å². The van der Waals surface area contributed by atoms with Gasteiger partial charge in [0.1, 0.15) is 6.04 Å². The molecule has 0 aliphatic heterocycles. The smallest absolute Gasteiger partial charge is 0.345 e. The van der Waals surface area contributed by atoms with Crippen molar-refractivity contribution >= 4 is 17.9 Å². The molecule has 7 heteroatoms. The van der Waals surface area contributed by atoms with E-state index in [0.29, 0.717) is 0 Å². The number of nitrogens with two attached hydrogens (primary N) is 2. The third kappa shape index (κ3) is 4.86. The average Bonchev–Trinajstić information content (AvgIpc) is 2.44. The summed E-state index contributed by atoms with van der Waals surface area (Å²) in [5.74, 6) is 2.24.